The van der Waals surface area contributed by atoms with Crippen molar-refractivity contribution in [2.45, 2.75) is 6.54 Å². The van der Waals surface area contributed by atoms with E-state index in [0.717, 1.165) is 22.6 Å². The van der Waals surface area contributed by atoms with Crippen molar-refractivity contribution in [2.75, 3.05) is 0 Å². The monoisotopic (exact) mass is 357 g/mol. The van der Waals surface area contributed by atoms with Crippen molar-refractivity contribution in [3.05, 3.63) is 94.0 Å². The van der Waals surface area contributed by atoms with E-state index in [1.165, 1.54) is 10.5 Å². The molecule has 0 saturated heterocycles. The van der Waals surface area contributed by atoms with Gasteiger partial charge in [-0.1, -0.05) is 30.3 Å². The molecule has 4 rings (SSSR count). The van der Waals surface area contributed by atoms with Crippen LogP contribution < -0.4 is 10.9 Å². The predicted octanol–water partition coefficient (Wildman–Crippen LogP) is 2.59. The molecular formula is C21H15N3O3. The Morgan fingerprint density at radius 3 is 2.74 bits per heavy atom. The number of benzene rings is 2. The zero-order chi connectivity index (χ0) is 18.8. The third kappa shape index (κ3) is 3.32. The second-order valence-corrected chi connectivity index (χ2v) is 6.15. The third-order valence-electron chi connectivity index (χ3n) is 4.32. The summed E-state index contributed by atoms with van der Waals surface area (Å²) in [7, 11) is 0. The maximum Gasteiger partial charge on any atom is 0.270 e. The summed E-state index contributed by atoms with van der Waals surface area (Å²) in [6, 6.07) is 17.6. The van der Waals surface area contributed by atoms with E-state index in [2.05, 4.69) is 10.3 Å². The molecule has 0 unspecified atom stereocenters. The highest BCUT2D eigenvalue weighted by molar-refractivity contribution is 5.93. The van der Waals surface area contributed by atoms with Gasteiger partial charge in [0.2, 0.25) is 0 Å². The van der Waals surface area contributed by atoms with Crippen LogP contribution in [0.25, 0.3) is 16.4 Å². The van der Waals surface area contributed by atoms with Gasteiger partial charge in [-0.3, -0.25) is 18.8 Å². The Balaban J connectivity index is 1.56. The quantitative estimate of drug-likeness (QED) is 0.569. The molecule has 0 atom stereocenters. The minimum Gasteiger partial charge on any atom is -0.347 e. The maximum absolute atomic E-state index is 12.4. The highest BCUT2D eigenvalue weighted by Gasteiger charge is 2.10. The maximum atomic E-state index is 12.4. The average Bonchev–Trinajstić information content (AvgIpc) is 2.71. The van der Waals surface area contributed by atoms with Gasteiger partial charge in [0.25, 0.3) is 11.5 Å². The summed E-state index contributed by atoms with van der Waals surface area (Å²) in [5.74, 6) is -0.416. The second kappa shape index (κ2) is 6.84. The van der Waals surface area contributed by atoms with Crippen LogP contribution in [0, 0.1) is 0 Å². The predicted molar refractivity (Wildman–Crippen MR) is 102 cm³/mol. The molecule has 2 heterocycles. The molecule has 0 spiro atoms. The standard InChI is InChI=1S/C21H15N3O3/c25-13-15-5-7-16-6-4-14(9-17(16)10-15)12-22-21(27)18-11-20(26)24-8-2-1-3-19(24)23-18/h1-11,13H,12H2,(H,22,27). The normalized spacial score (nSPS) is 10.8. The molecular weight excluding hydrogens is 342 g/mol. The molecule has 2 aromatic carbocycles. The van der Waals surface area contributed by atoms with E-state index in [-0.39, 0.29) is 17.8 Å². The largest absolute Gasteiger partial charge is 0.347 e. The van der Waals surface area contributed by atoms with Gasteiger partial charge in [-0.2, -0.15) is 0 Å². The first-order chi connectivity index (χ1) is 13.1. The fraction of sp³-hybridized carbons (Fsp3) is 0.0476. The Bertz CT molecular complexity index is 1240. The molecule has 1 N–H and O–H groups in total. The molecule has 0 aliphatic carbocycles. The van der Waals surface area contributed by atoms with Crippen LogP contribution in [0.1, 0.15) is 26.4 Å². The fourth-order valence-corrected chi connectivity index (χ4v) is 2.94. The van der Waals surface area contributed by atoms with E-state index in [0.29, 0.717) is 11.2 Å². The van der Waals surface area contributed by atoms with Gasteiger partial charge in [0.05, 0.1) is 0 Å². The number of nitrogens with zero attached hydrogens (tertiary/aromatic N) is 2. The van der Waals surface area contributed by atoms with Gasteiger partial charge in [-0.15, -0.1) is 0 Å². The van der Waals surface area contributed by atoms with Gasteiger partial charge in [-0.25, -0.2) is 4.98 Å². The molecule has 4 aromatic rings. The van der Waals surface area contributed by atoms with Crippen molar-refractivity contribution in [1.82, 2.24) is 14.7 Å². The van der Waals surface area contributed by atoms with Gasteiger partial charge in [0.1, 0.15) is 17.6 Å². The van der Waals surface area contributed by atoms with Crippen LogP contribution >= 0.6 is 0 Å². The highest BCUT2D eigenvalue weighted by Crippen LogP contribution is 2.17. The number of pyridine rings is 1. The summed E-state index contributed by atoms with van der Waals surface area (Å²) in [5.41, 5.74) is 1.68. The summed E-state index contributed by atoms with van der Waals surface area (Å²) >= 11 is 0. The first-order valence-electron chi connectivity index (χ1n) is 8.38. The van der Waals surface area contributed by atoms with E-state index in [1.54, 1.807) is 36.5 Å². The lowest BCUT2D eigenvalue weighted by Gasteiger charge is -2.07. The first kappa shape index (κ1) is 16.7. The van der Waals surface area contributed by atoms with Crippen LogP contribution in [0.4, 0.5) is 0 Å². The molecule has 132 valence electrons. The Hall–Kier alpha value is -3.80. The number of carbonyl (C=O) groups excluding carboxylic acids is 2. The lowest BCUT2D eigenvalue weighted by molar-refractivity contribution is 0.0945. The SMILES string of the molecule is O=Cc1ccc2ccc(CNC(=O)c3cc(=O)n4ccccc4n3)cc2c1. The van der Waals surface area contributed by atoms with E-state index in [9.17, 15) is 14.4 Å². The number of aromatic nitrogens is 2. The van der Waals surface area contributed by atoms with Crippen LogP contribution in [0.3, 0.4) is 0 Å². The Morgan fingerprint density at radius 1 is 1.04 bits per heavy atom. The number of rotatable bonds is 4. The summed E-state index contributed by atoms with van der Waals surface area (Å²) < 4.78 is 1.38. The molecule has 0 fully saturated rings. The minimum absolute atomic E-state index is 0.0789. The van der Waals surface area contributed by atoms with Crippen LogP contribution in [0.2, 0.25) is 0 Å². The van der Waals surface area contributed by atoms with E-state index in [1.807, 2.05) is 24.3 Å². The molecule has 6 heteroatoms. The lowest BCUT2D eigenvalue weighted by Crippen LogP contribution is -2.26. The van der Waals surface area contributed by atoms with Gasteiger partial charge < -0.3 is 5.32 Å². The van der Waals surface area contributed by atoms with Gasteiger partial charge in [-0.05, 0) is 40.6 Å². The minimum atomic E-state index is -0.416. The number of hydrogen-bond acceptors (Lipinski definition) is 4. The number of hydrogen-bond donors (Lipinski definition) is 1. The van der Waals surface area contributed by atoms with Crippen molar-refractivity contribution >= 4 is 28.6 Å². The smallest absolute Gasteiger partial charge is 0.270 e. The van der Waals surface area contributed by atoms with E-state index in [4.69, 9.17) is 0 Å². The zero-order valence-corrected chi connectivity index (χ0v) is 14.3. The molecule has 0 bridgehead atoms. The first-order valence-corrected chi connectivity index (χ1v) is 8.38. The summed E-state index contributed by atoms with van der Waals surface area (Å²) in [6.07, 6.45) is 2.41. The van der Waals surface area contributed by atoms with E-state index < -0.39 is 5.91 Å². The van der Waals surface area contributed by atoms with Crippen LogP contribution in [-0.4, -0.2) is 21.6 Å². The fourth-order valence-electron chi connectivity index (χ4n) is 2.94. The second-order valence-electron chi connectivity index (χ2n) is 6.15. The molecule has 0 saturated carbocycles. The number of aldehydes is 1. The Kier molecular flexibility index (Phi) is 4.22. The van der Waals surface area contributed by atoms with E-state index >= 15 is 0 Å². The van der Waals surface area contributed by atoms with Gasteiger partial charge in [0.15, 0.2) is 0 Å². The summed E-state index contributed by atoms with van der Waals surface area (Å²) in [5, 5.41) is 4.72. The van der Waals surface area contributed by atoms with Crippen molar-refractivity contribution in [3.63, 3.8) is 0 Å². The van der Waals surface area contributed by atoms with Crippen molar-refractivity contribution in [2.24, 2.45) is 0 Å². The molecule has 27 heavy (non-hydrogen) atoms. The van der Waals surface area contributed by atoms with Gasteiger partial charge >= 0.3 is 0 Å². The van der Waals surface area contributed by atoms with Crippen molar-refractivity contribution in [3.8, 4) is 0 Å². The number of fused-ring (bicyclic) bond motifs is 2. The molecule has 1 amide bonds. The van der Waals surface area contributed by atoms with Crippen LogP contribution in [0.5, 0.6) is 0 Å². The number of nitrogens with one attached hydrogen (secondary N) is 1. The summed E-state index contributed by atoms with van der Waals surface area (Å²) in [6.45, 7) is 0.288. The Labute approximate surface area is 154 Å². The average molecular weight is 357 g/mol. The third-order valence-corrected chi connectivity index (χ3v) is 4.32. The van der Waals surface area contributed by atoms with Crippen LogP contribution in [-0.2, 0) is 6.54 Å². The molecule has 0 radical (unpaired) electrons. The molecule has 2 aromatic heterocycles. The molecule has 0 aliphatic heterocycles. The molecule has 6 nitrogen and oxygen atoms in total. The van der Waals surface area contributed by atoms with Crippen LogP contribution in [0.15, 0.2) is 71.7 Å². The zero-order valence-electron chi connectivity index (χ0n) is 14.3. The topological polar surface area (TPSA) is 80.5 Å². The number of amides is 1. The number of carbonyl (C=O) groups is 2. The summed E-state index contributed by atoms with van der Waals surface area (Å²) in [4.78, 5) is 39.7. The van der Waals surface area contributed by atoms with Gasteiger partial charge in [0, 0.05) is 24.4 Å². The van der Waals surface area contributed by atoms with Crippen molar-refractivity contribution < 1.29 is 9.59 Å². The lowest BCUT2D eigenvalue weighted by atomic mass is 10.0. The van der Waals surface area contributed by atoms with Crippen molar-refractivity contribution in [1.29, 1.82) is 0 Å². The molecule has 0 aliphatic rings. The Morgan fingerprint density at radius 2 is 1.89 bits per heavy atom. The highest BCUT2D eigenvalue weighted by atomic mass is 16.2.